The van der Waals surface area contributed by atoms with Crippen LogP contribution < -0.4 is 4.90 Å². The maximum absolute atomic E-state index is 2.48. The third kappa shape index (κ3) is 5.41. The van der Waals surface area contributed by atoms with E-state index in [0.717, 1.165) is 17.1 Å². The number of nitrogens with zero attached hydrogens (tertiary/aromatic N) is 1. The Bertz CT molecular complexity index is 3290. The largest absolute Gasteiger partial charge is 0.310 e. The zero-order valence-corrected chi connectivity index (χ0v) is 34.8. The van der Waals surface area contributed by atoms with E-state index < -0.39 is 5.41 Å². The van der Waals surface area contributed by atoms with Crippen molar-refractivity contribution in [2.45, 2.75) is 19.3 Å². The molecule has 0 unspecified atom stereocenters. The van der Waals surface area contributed by atoms with Crippen molar-refractivity contribution in [2.24, 2.45) is 0 Å². The summed E-state index contributed by atoms with van der Waals surface area (Å²) in [6, 6.07) is 83.3. The maximum atomic E-state index is 2.48. The van der Waals surface area contributed by atoms with Crippen LogP contribution >= 0.6 is 0 Å². The summed E-state index contributed by atoms with van der Waals surface area (Å²) in [7, 11) is 0. The number of fused-ring (bicyclic) bond motifs is 11. The van der Waals surface area contributed by atoms with E-state index in [2.05, 4.69) is 243 Å². The average Bonchev–Trinajstić information content (AvgIpc) is 3.80. The average molecular weight is 790 g/mol. The van der Waals surface area contributed by atoms with Gasteiger partial charge in [-0.3, -0.25) is 0 Å². The van der Waals surface area contributed by atoms with Gasteiger partial charge in [0, 0.05) is 17.1 Å². The summed E-state index contributed by atoms with van der Waals surface area (Å²) in [6.07, 6.45) is 0. The highest BCUT2D eigenvalue weighted by molar-refractivity contribution is 5.97. The molecule has 292 valence electrons. The third-order valence-electron chi connectivity index (χ3n) is 13.7. The number of anilines is 3. The van der Waals surface area contributed by atoms with Crippen LogP contribution in [0.5, 0.6) is 0 Å². The second-order valence-corrected chi connectivity index (χ2v) is 16.9. The van der Waals surface area contributed by atoms with Crippen molar-refractivity contribution in [1.29, 1.82) is 0 Å². The van der Waals surface area contributed by atoms with Crippen LogP contribution in [0.15, 0.2) is 224 Å². The molecule has 12 rings (SSSR count). The molecule has 1 nitrogen and oxygen atoms in total. The lowest BCUT2D eigenvalue weighted by Crippen LogP contribution is -2.26. The molecule has 0 aromatic heterocycles. The molecule has 62 heavy (non-hydrogen) atoms. The summed E-state index contributed by atoms with van der Waals surface area (Å²) in [5.74, 6) is 0. The SMILES string of the molecule is Cc1ccc(-c2ccc(N(c3ccc(-c4ccccc4)cc3)c3ccc4c(c3)C3(c5ccccc5-c5ccccc53)c3ccccc3-4)cc2)cc1-c1ccc2ccccc2c1C. The Hall–Kier alpha value is -7.74. The summed E-state index contributed by atoms with van der Waals surface area (Å²) < 4.78 is 0. The Balaban J connectivity index is 1.01. The van der Waals surface area contributed by atoms with Crippen LogP contribution in [-0.2, 0) is 5.41 Å². The standard InChI is InChI=1S/C61H43N/c1-40-24-25-46(38-56(40)51-36-30-45-16-6-7-17-50(45)41(51)2)44-28-33-48(34-29-44)62(47-31-26-43(27-32-47)42-14-4-3-5-15-42)49-35-37-55-54-20-10-13-23-59(54)61(60(55)39-49)57-21-11-8-18-52(57)53-19-9-12-22-58(53)61/h3-39H,1-2H3. The summed E-state index contributed by atoms with van der Waals surface area (Å²) in [5.41, 5.74) is 23.5. The smallest absolute Gasteiger partial charge is 0.0726 e. The van der Waals surface area contributed by atoms with E-state index in [-0.39, 0.29) is 0 Å². The Morgan fingerprint density at radius 2 is 0.774 bits per heavy atom. The number of rotatable bonds is 6. The third-order valence-corrected chi connectivity index (χ3v) is 13.7. The molecule has 0 amide bonds. The van der Waals surface area contributed by atoms with E-state index in [1.807, 2.05) is 0 Å². The number of aryl methyl sites for hydroxylation is 2. The topological polar surface area (TPSA) is 3.24 Å². The van der Waals surface area contributed by atoms with Gasteiger partial charge in [-0.2, -0.15) is 0 Å². The fraction of sp³-hybridized carbons (Fsp3) is 0.0492. The van der Waals surface area contributed by atoms with Crippen LogP contribution in [-0.4, -0.2) is 0 Å². The number of hydrogen-bond acceptors (Lipinski definition) is 1. The minimum absolute atomic E-state index is 0.422. The highest BCUT2D eigenvalue weighted by Gasteiger charge is 2.51. The van der Waals surface area contributed by atoms with E-state index in [4.69, 9.17) is 0 Å². The van der Waals surface area contributed by atoms with Gasteiger partial charge in [-0.1, -0.05) is 182 Å². The highest BCUT2D eigenvalue weighted by Crippen LogP contribution is 2.63. The predicted octanol–water partition coefficient (Wildman–Crippen LogP) is 16.3. The molecule has 0 atom stereocenters. The molecule has 0 N–H and O–H groups in total. The van der Waals surface area contributed by atoms with E-state index in [9.17, 15) is 0 Å². The summed E-state index contributed by atoms with van der Waals surface area (Å²) in [4.78, 5) is 2.43. The van der Waals surface area contributed by atoms with Crippen LogP contribution in [0, 0.1) is 13.8 Å². The van der Waals surface area contributed by atoms with Crippen molar-refractivity contribution in [2.75, 3.05) is 4.90 Å². The second-order valence-electron chi connectivity index (χ2n) is 16.9. The highest BCUT2D eigenvalue weighted by atomic mass is 15.1. The van der Waals surface area contributed by atoms with Gasteiger partial charge in [0.05, 0.1) is 5.41 Å². The van der Waals surface area contributed by atoms with Gasteiger partial charge in [-0.05, 0) is 156 Å². The van der Waals surface area contributed by atoms with Crippen molar-refractivity contribution in [3.8, 4) is 55.6 Å². The molecule has 0 saturated heterocycles. The molecule has 0 saturated carbocycles. The zero-order valence-electron chi connectivity index (χ0n) is 34.8. The Morgan fingerprint density at radius 1 is 0.306 bits per heavy atom. The number of hydrogen-bond donors (Lipinski definition) is 0. The quantitative estimate of drug-likeness (QED) is 0.162. The molecule has 0 bridgehead atoms. The molecule has 10 aromatic carbocycles. The monoisotopic (exact) mass is 789 g/mol. The van der Waals surface area contributed by atoms with Gasteiger partial charge in [0.25, 0.3) is 0 Å². The van der Waals surface area contributed by atoms with Crippen LogP contribution in [0.1, 0.15) is 33.4 Å². The lowest BCUT2D eigenvalue weighted by Gasteiger charge is -2.32. The number of benzene rings is 10. The first-order valence-electron chi connectivity index (χ1n) is 21.7. The van der Waals surface area contributed by atoms with Crippen LogP contribution in [0.4, 0.5) is 17.1 Å². The first-order valence-corrected chi connectivity index (χ1v) is 21.7. The van der Waals surface area contributed by atoms with Gasteiger partial charge in [-0.15, -0.1) is 0 Å². The molecule has 10 aromatic rings. The lowest BCUT2D eigenvalue weighted by atomic mass is 9.70. The van der Waals surface area contributed by atoms with Crippen molar-refractivity contribution < 1.29 is 0 Å². The maximum Gasteiger partial charge on any atom is 0.0726 e. The zero-order chi connectivity index (χ0) is 41.4. The van der Waals surface area contributed by atoms with Gasteiger partial charge >= 0.3 is 0 Å². The second kappa shape index (κ2) is 14.2. The Labute approximate surface area is 363 Å². The summed E-state index contributed by atoms with van der Waals surface area (Å²) in [6.45, 7) is 4.48. The van der Waals surface area contributed by atoms with E-state index in [1.165, 1.54) is 99.8 Å². The summed E-state index contributed by atoms with van der Waals surface area (Å²) >= 11 is 0. The van der Waals surface area contributed by atoms with Crippen molar-refractivity contribution >= 4 is 27.8 Å². The minimum Gasteiger partial charge on any atom is -0.310 e. The lowest BCUT2D eigenvalue weighted by molar-refractivity contribution is 0.793. The van der Waals surface area contributed by atoms with Gasteiger partial charge in [0.15, 0.2) is 0 Å². The molecule has 2 aliphatic rings. The van der Waals surface area contributed by atoms with Gasteiger partial charge < -0.3 is 4.90 Å². The van der Waals surface area contributed by atoms with Crippen molar-refractivity contribution in [3.63, 3.8) is 0 Å². The molecule has 0 radical (unpaired) electrons. The van der Waals surface area contributed by atoms with Crippen molar-refractivity contribution in [1.82, 2.24) is 0 Å². The minimum atomic E-state index is -0.422. The Kier molecular flexibility index (Phi) is 8.27. The van der Waals surface area contributed by atoms with Gasteiger partial charge in [0.1, 0.15) is 0 Å². The molecule has 0 heterocycles. The van der Waals surface area contributed by atoms with E-state index >= 15 is 0 Å². The summed E-state index contributed by atoms with van der Waals surface area (Å²) in [5, 5.41) is 2.58. The van der Waals surface area contributed by atoms with Crippen LogP contribution in [0.3, 0.4) is 0 Å². The first-order chi connectivity index (χ1) is 30.6. The fourth-order valence-corrected chi connectivity index (χ4v) is 10.7. The first kappa shape index (κ1) is 36.1. The fourth-order valence-electron chi connectivity index (χ4n) is 10.7. The van der Waals surface area contributed by atoms with E-state index in [0.29, 0.717) is 0 Å². The molecule has 0 aliphatic heterocycles. The van der Waals surface area contributed by atoms with Gasteiger partial charge in [-0.25, -0.2) is 0 Å². The van der Waals surface area contributed by atoms with E-state index in [1.54, 1.807) is 0 Å². The molecular formula is C61H43N. The predicted molar refractivity (Wildman–Crippen MR) is 261 cm³/mol. The molecule has 0 fully saturated rings. The van der Waals surface area contributed by atoms with Gasteiger partial charge in [0.2, 0.25) is 0 Å². The molecule has 1 spiro atoms. The molecular weight excluding hydrogens is 747 g/mol. The van der Waals surface area contributed by atoms with Crippen LogP contribution in [0.25, 0.3) is 66.4 Å². The molecule has 2 aliphatic carbocycles. The van der Waals surface area contributed by atoms with Crippen LogP contribution in [0.2, 0.25) is 0 Å². The Morgan fingerprint density at radius 3 is 1.40 bits per heavy atom. The molecule has 1 heteroatoms. The normalized spacial score (nSPS) is 12.8. The van der Waals surface area contributed by atoms with Crippen molar-refractivity contribution in [3.05, 3.63) is 258 Å².